The predicted molar refractivity (Wildman–Crippen MR) is 95.4 cm³/mol. The Morgan fingerprint density at radius 1 is 1.50 bits per heavy atom. The lowest BCUT2D eigenvalue weighted by molar-refractivity contribution is 0.381. The molecule has 2 heterocycles. The maximum atomic E-state index is 12.1. The standard InChI is InChI=1S/C16H15BrN2O2S/c1-3-9(2)19-15(20)14(22-16(19)21)6-10-8-18-13-5-4-11(17)7-12(10)13/h4-9,20H,3H2,1-2H3/t9-/m0/s1. The first-order valence-electron chi connectivity index (χ1n) is 7.01. The minimum absolute atomic E-state index is 0.0189. The number of aromatic hydroxyl groups is 1. The van der Waals surface area contributed by atoms with Crippen molar-refractivity contribution in [2.45, 2.75) is 26.3 Å². The van der Waals surface area contributed by atoms with Gasteiger partial charge in [0.2, 0.25) is 5.88 Å². The van der Waals surface area contributed by atoms with Gasteiger partial charge in [-0.1, -0.05) is 34.2 Å². The van der Waals surface area contributed by atoms with Crippen LogP contribution in [0.25, 0.3) is 11.6 Å². The number of halogens is 1. The van der Waals surface area contributed by atoms with Gasteiger partial charge < -0.3 is 5.11 Å². The molecule has 0 spiro atoms. The third-order valence-electron chi connectivity index (χ3n) is 3.77. The molecule has 22 heavy (non-hydrogen) atoms. The summed E-state index contributed by atoms with van der Waals surface area (Å²) in [4.78, 5) is 16.9. The Kier molecular flexibility index (Phi) is 4.06. The molecule has 2 aromatic rings. The summed E-state index contributed by atoms with van der Waals surface area (Å²) in [6, 6.07) is 5.84. The van der Waals surface area contributed by atoms with Crippen LogP contribution in [0.5, 0.6) is 5.88 Å². The zero-order valence-corrected chi connectivity index (χ0v) is 14.6. The number of hydrogen-bond acceptors (Lipinski definition) is 4. The second kappa shape index (κ2) is 5.85. The Morgan fingerprint density at radius 3 is 3.00 bits per heavy atom. The summed E-state index contributed by atoms with van der Waals surface area (Å²) in [5, 5.41) is 10.3. The zero-order chi connectivity index (χ0) is 15.9. The van der Waals surface area contributed by atoms with E-state index < -0.39 is 0 Å². The molecule has 0 amide bonds. The molecule has 4 nitrogen and oxygen atoms in total. The van der Waals surface area contributed by atoms with Crippen molar-refractivity contribution < 1.29 is 5.11 Å². The second-order valence-corrected chi connectivity index (χ2v) is 7.11. The van der Waals surface area contributed by atoms with Crippen LogP contribution in [0.3, 0.4) is 0 Å². The van der Waals surface area contributed by atoms with Gasteiger partial charge in [0.25, 0.3) is 0 Å². The number of benzene rings is 1. The summed E-state index contributed by atoms with van der Waals surface area (Å²) in [6.45, 7) is 3.91. The van der Waals surface area contributed by atoms with E-state index in [1.807, 2.05) is 38.1 Å². The molecule has 0 radical (unpaired) electrons. The van der Waals surface area contributed by atoms with Crippen molar-refractivity contribution in [1.29, 1.82) is 0 Å². The summed E-state index contributed by atoms with van der Waals surface area (Å²) in [5.74, 6) is 0.0358. The summed E-state index contributed by atoms with van der Waals surface area (Å²) in [5.41, 5.74) is 2.77. The number of rotatable bonds is 3. The lowest BCUT2D eigenvalue weighted by Crippen LogP contribution is -2.16. The van der Waals surface area contributed by atoms with Gasteiger partial charge in [-0.15, -0.1) is 0 Å². The largest absolute Gasteiger partial charge is 0.493 e. The normalized spacial score (nSPS) is 16.2. The molecule has 0 fully saturated rings. The van der Waals surface area contributed by atoms with Gasteiger partial charge in [-0.3, -0.25) is 14.4 Å². The van der Waals surface area contributed by atoms with Crippen molar-refractivity contribution in [3.05, 3.63) is 42.8 Å². The van der Waals surface area contributed by atoms with Crippen LogP contribution >= 0.6 is 27.3 Å². The maximum absolute atomic E-state index is 12.1. The molecule has 0 bridgehead atoms. The number of aromatic nitrogens is 1. The van der Waals surface area contributed by atoms with Crippen molar-refractivity contribution in [2.24, 2.45) is 4.99 Å². The number of nitrogens with zero attached hydrogens (tertiary/aromatic N) is 2. The molecule has 0 aliphatic carbocycles. The number of allylic oxidation sites excluding steroid dienone is 1. The molecule has 3 rings (SSSR count). The van der Waals surface area contributed by atoms with E-state index in [1.165, 1.54) is 4.57 Å². The highest BCUT2D eigenvalue weighted by Crippen LogP contribution is 2.36. The van der Waals surface area contributed by atoms with Crippen molar-refractivity contribution in [3.8, 4) is 5.88 Å². The van der Waals surface area contributed by atoms with Crippen LogP contribution in [-0.2, 0) is 0 Å². The summed E-state index contributed by atoms with van der Waals surface area (Å²) in [7, 11) is 0. The quantitative estimate of drug-likeness (QED) is 0.847. The van der Waals surface area contributed by atoms with Gasteiger partial charge in [-0.05, 0) is 37.6 Å². The second-order valence-electron chi connectivity index (χ2n) is 5.20. The van der Waals surface area contributed by atoms with Gasteiger partial charge in [-0.2, -0.15) is 0 Å². The van der Waals surface area contributed by atoms with E-state index in [9.17, 15) is 9.90 Å². The zero-order valence-electron chi connectivity index (χ0n) is 12.2. The van der Waals surface area contributed by atoms with Crippen LogP contribution < -0.4 is 4.87 Å². The van der Waals surface area contributed by atoms with Gasteiger partial charge in [0.05, 0.1) is 10.6 Å². The molecule has 1 aliphatic rings. The Morgan fingerprint density at radius 2 is 2.27 bits per heavy atom. The predicted octanol–water partition coefficient (Wildman–Crippen LogP) is 4.61. The average molecular weight is 379 g/mol. The van der Waals surface area contributed by atoms with Gasteiger partial charge in [-0.25, -0.2) is 0 Å². The van der Waals surface area contributed by atoms with E-state index in [4.69, 9.17) is 0 Å². The van der Waals surface area contributed by atoms with Crippen LogP contribution in [0.15, 0.2) is 32.5 Å². The highest BCUT2D eigenvalue weighted by molar-refractivity contribution is 9.10. The fourth-order valence-electron chi connectivity index (χ4n) is 2.38. The van der Waals surface area contributed by atoms with E-state index in [2.05, 4.69) is 20.9 Å². The maximum Gasteiger partial charge on any atom is 0.310 e. The third-order valence-corrected chi connectivity index (χ3v) is 5.16. The van der Waals surface area contributed by atoms with Crippen molar-refractivity contribution in [1.82, 2.24) is 4.57 Å². The van der Waals surface area contributed by atoms with Crippen LogP contribution in [0, 0.1) is 0 Å². The fourth-order valence-corrected chi connectivity index (χ4v) is 3.67. The Balaban J connectivity index is 2.07. The fraction of sp³-hybridized carbons (Fsp3) is 0.250. The smallest absolute Gasteiger partial charge is 0.310 e. The third kappa shape index (κ3) is 2.57. The molecular formula is C16H15BrN2O2S. The van der Waals surface area contributed by atoms with Crippen molar-refractivity contribution >= 4 is 50.8 Å². The Labute approximate surface area is 140 Å². The van der Waals surface area contributed by atoms with Crippen LogP contribution in [-0.4, -0.2) is 15.9 Å². The molecule has 114 valence electrons. The molecule has 0 saturated heterocycles. The van der Waals surface area contributed by atoms with Crippen molar-refractivity contribution in [3.63, 3.8) is 0 Å². The SMILES string of the molecule is CC[C@H](C)n1c(O)c(C=C2C=Nc3ccc(Br)cc32)sc1=O. The highest BCUT2D eigenvalue weighted by atomic mass is 79.9. The topological polar surface area (TPSA) is 54.6 Å². The molecule has 0 saturated carbocycles. The summed E-state index contributed by atoms with van der Waals surface area (Å²) < 4.78 is 2.42. The highest BCUT2D eigenvalue weighted by Gasteiger charge is 2.18. The minimum Gasteiger partial charge on any atom is -0.493 e. The van der Waals surface area contributed by atoms with Gasteiger partial charge in [0, 0.05) is 27.9 Å². The molecule has 1 aromatic carbocycles. The Hall–Kier alpha value is -1.66. The number of fused-ring (bicyclic) bond motifs is 1. The van der Waals surface area contributed by atoms with Gasteiger partial charge in [0.1, 0.15) is 0 Å². The van der Waals surface area contributed by atoms with Crippen LogP contribution in [0.1, 0.15) is 36.8 Å². The first kappa shape index (κ1) is 15.2. The van der Waals surface area contributed by atoms with Gasteiger partial charge in [0.15, 0.2) is 0 Å². The lowest BCUT2D eigenvalue weighted by Gasteiger charge is -2.10. The average Bonchev–Trinajstić information content (AvgIpc) is 3.00. The van der Waals surface area contributed by atoms with E-state index in [-0.39, 0.29) is 16.8 Å². The van der Waals surface area contributed by atoms with Crippen LogP contribution in [0.4, 0.5) is 5.69 Å². The first-order chi connectivity index (χ1) is 10.5. The molecule has 1 aliphatic heterocycles. The minimum atomic E-state index is -0.136. The summed E-state index contributed by atoms with van der Waals surface area (Å²) >= 11 is 4.51. The molecule has 1 atom stereocenters. The monoisotopic (exact) mass is 378 g/mol. The number of thiazole rings is 1. The molecule has 6 heteroatoms. The van der Waals surface area contributed by atoms with E-state index in [0.29, 0.717) is 4.88 Å². The summed E-state index contributed by atoms with van der Waals surface area (Å²) in [6.07, 6.45) is 4.37. The molecule has 1 aromatic heterocycles. The van der Waals surface area contributed by atoms with E-state index in [0.717, 1.165) is 39.1 Å². The van der Waals surface area contributed by atoms with Crippen LogP contribution in [0.2, 0.25) is 0 Å². The van der Waals surface area contributed by atoms with Crippen molar-refractivity contribution in [2.75, 3.05) is 0 Å². The van der Waals surface area contributed by atoms with E-state index >= 15 is 0 Å². The molecule has 0 unspecified atom stereocenters. The lowest BCUT2D eigenvalue weighted by atomic mass is 10.1. The molecular weight excluding hydrogens is 364 g/mol. The molecule has 1 N–H and O–H groups in total. The number of aliphatic imine (C=N–C) groups is 1. The Bertz CT molecular complexity index is 848. The van der Waals surface area contributed by atoms with Gasteiger partial charge >= 0.3 is 4.87 Å². The first-order valence-corrected chi connectivity index (χ1v) is 8.62. The number of hydrogen-bond donors (Lipinski definition) is 1. The van der Waals surface area contributed by atoms with E-state index in [1.54, 1.807) is 6.21 Å².